The van der Waals surface area contributed by atoms with Crippen LogP contribution >= 0.6 is 0 Å². The van der Waals surface area contributed by atoms with Crippen molar-refractivity contribution in [1.82, 2.24) is 0 Å². The lowest BCUT2D eigenvalue weighted by atomic mass is 10.1. The van der Waals surface area contributed by atoms with E-state index in [4.69, 9.17) is 9.84 Å². The number of amides is 1. The summed E-state index contributed by atoms with van der Waals surface area (Å²) in [5.41, 5.74) is 2.31. The summed E-state index contributed by atoms with van der Waals surface area (Å²) in [6.45, 7) is 1.88. The quantitative estimate of drug-likeness (QED) is 0.653. The standard InChI is InChI=1S/C18H16N2O5/c1-11-2-7-15-14(8-11)20(10-17(22)25-15)9-16(21)19-13-5-3-12(4-6-13)18(23)24/h2-8H,9-10H2,1H3,(H,19,21)(H,23,24). The average Bonchev–Trinajstić information content (AvgIpc) is 2.56. The maximum atomic E-state index is 12.3. The second-order valence-corrected chi connectivity index (χ2v) is 5.73. The van der Waals surface area contributed by atoms with Crippen LogP contribution in [0.5, 0.6) is 5.75 Å². The number of rotatable bonds is 4. The van der Waals surface area contributed by atoms with Gasteiger partial charge in [0, 0.05) is 5.69 Å². The number of benzene rings is 2. The van der Waals surface area contributed by atoms with E-state index in [1.165, 1.54) is 24.3 Å². The molecule has 1 amide bonds. The fourth-order valence-corrected chi connectivity index (χ4v) is 2.57. The SMILES string of the molecule is Cc1ccc2c(c1)N(CC(=O)Nc1ccc(C(=O)O)cc1)CC(=O)O2. The van der Waals surface area contributed by atoms with Crippen molar-refractivity contribution in [1.29, 1.82) is 0 Å². The Bertz CT molecular complexity index is 845. The van der Waals surface area contributed by atoms with Crippen molar-refractivity contribution in [3.8, 4) is 5.75 Å². The molecule has 0 atom stereocenters. The molecule has 3 rings (SSSR count). The first-order chi connectivity index (χ1) is 11.9. The number of carboxylic acids is 1. The third-order valence-corrected chi connectivity index (χ3v) is 3.75. The fourth-order valence-electron chi connectivity index (χ4n) is 2.57. The van der Waals surface area contributed by atoms with Crippen LogP contribution in [0.1, 0.15) is 15.9 Å². The van der Waals surface area contributed by atoms with E-state index in [1.54, 1.807) is 11.0 Å². The highest BCUT2D eigenvalue weighted by Crippen LogP contribution is 2.32. The van der Waals surface area contributed by atoms with E-state index in [1.807, 2.05) is 19.1 Å². The lowest BCUT2D eigenvalue weighted by molar-refractivity contribution is -0.133. The monoisotopic (exact) mass is 340 g/mol. The summed E-state index contributed by atoms with van der Waals surface area (Å²) < 4.78 is 5.18. The van der Waals surface area contributed by atoms with Gasteiger partial charge in [-0.25, -0.2) is 9.59 Å². The highest BCUT2D eigenvalue weighted by Gasteiger charge is 2.25. The zero-order valence-electron chi connectivity index (χ0n) is 13.5. The van der Waals surface area contributed by atoms with Gasteiger partial charge in [-0.1, -0.05) is 6.07 Å². The van der Waals surface area contributed by atoms with Crippen molar-refractivity contribution in [2.75, 3.05) is 23.3 Å². The Kier molecular flexibility index (Phi) is 4.38. The summed E-state index contributed by atoms with van der Waals surface area (Å²) in [6.07, 6.45) is 0. The summed E-state index contributed by atoms with van der Waals surface area (Å²) >= 11 is 0. The van der Waals surface area contributed by atoms with E-state index >= 15 is 0 Å². The van der Waals surface area contributed by atoms with Gasteiger partial charge in [-0.2, -0.15) is 0 Å². The molecule has 0 aliphatic carbocycles. The topological polar surface area (TPSA) is 95.9 Å². The first-order valence-electron chi connectivity index (χ1n) is 7.62. The highest BCUT2D eigenvalue weighted by atomic mass is 16.5. The van der Waals surface area contributed by atoms with Gasteiger partial charge in [0.2, 0.25) is 5.91 Å². The van der Waals surface area contributed by atoms with Gasteiger partial charge in [-0.05, 0) is 48.9 Å². The van der Waals surface area contributed by atoms with E-state index in [2.05, 4.69) is 5.32 Å². The van der Waals surface area contributed by atoms with Crippen molar-refractivity contribution in [2.45, 2.75) is 6.92 Å². The second-order valence-electron chi connectivity index (χ2n) is 5.73. The van der Waals surface area contributed by atoms with Gasteiger partial charge in [0.1, 0.15) is 6.54 Å². The molecule has 0 bridgehead atoms. The molecule has 1 aliphatic heterocycles. The Balaban J connectivity index is 1.72. The van der Waals surface area contributed by atoms with Crippen molar-refractivity contribution in [2.24, 2.45) is 0 Å². The van der Waals surface area contributed by atoms with Gasteiger partial charge < -0.3 is 20.1 Å². The number of ether oxygens (including phenoxy) is 1. The Morgan fingerprint density at radius 1 is 1.20 bits per heavy atom. The molecular formula is C18H16N2O5. The van der Waals surface area contributed by atoms with E-state index in [0.29, 0.717) is 17.1 Å². The lowest BCUT2D eigenvalue weighted by Gasteiger charge is -2.29. The normalized spacial score (nSPS) is 13.0. The molecule has 2 aromatic carbocycles. The molecule has 2 N–H and O–H groups in total. The molecule has 0 aromatic heterocycles. The minimum absolute atomic E-state index is 0.0121. The lowest BCUT2D eigenvalue weighted by Crippen LogP contribution is -2.41. The van der Waals surface area contributed by atoms with Gasteiger partial charge in [0.15, 0.2) is 5.75 Å². The number of esters is 1. The van der Waals surface area contributed by atoms with Crippen LogP contribution < -0.4 is 15.0 Å². The van der Waals surface area contributed by atoms with Crippen molar-refractivity contribution in [3.05, 3.63) is 53.6 Å². The maximum absolute atomic E-state index is 12.3. The number of carbonyl (C=O) groups excluding carboxylic acids is 2. The van der Waals surface area contributed by atoms with Crippen LogP contribution in [0.25, 0.3) is 0 Å². The molecule has 2 aromatic rings. The Morgan fingerprint density at radius 2 is 1.92 bits per heavy atom. The molecule has 0 radical (unpaired) electrons. The van der Waals surface area contributed by atoms with Crippen LogP contribution in [0, 0.1) is 6.92 Å². The minimum atomic E-state index is -1.03. The van der Waals surface area contributed by atoms with Crippen LogP contribution in [-0.4, -0.2) is 36.0 Å². The smallest absolute Gasteiger partial charge is 0.335 e. The third-order valence-electron chi connectivity index (χ3n) is 3.75. The number of hydrogen-bond acceptors (Lipinski definition) is 5. The largest absolute Gasteiger partial charge is 0.478 e. The summed E-state index contributed by atoms with van der Waals surface area (Å²) in [7, 11) is 0. The van der Waals surface area contributed by atoms with Crippen LogP contribution in [0.15, 0.2) is 42.5 Å². The molecule has 25 heavy (non-hydrogen) atoms. The summed E-state index contributed by atoms with van der Waals surface area (Å²) in [6, 6.07) is 11.3. The predicted molar refractivity (Wildman–Crippen MR) is 91.1 cm³/mol. The van der Waals surface area contributed by atoms with Crippen LogP contribution in [0.4, 0.5) is 11.4 Å². The first kappa shape index (κ1) is 16.5. The molecule has 0 saturated carbocycles. The Hall–Kier alpha value is -3.35. The van der Waals surface area contributed by atoms with Gasteiger partial charge >= 0.3 is 11.9 Å². The molecule has 128 valence electrons. The van der Waals surface area contributed by atoms with Gasteiger partial charge in [-0.15, -0.1) is 0 Å². The van der Waals surface area contributed by atoms with Gasteiger partial charge in [-0.3, -0.25) is 4.79 Å². The van der Waals surface area contributed by atoms with E-state index < -0.39 is 11.9 Å². The zero-order valence-corrected chi connectivity index (χ0v) is 13.5. The molecule has 0 unspecified atom stereocenters. The molecule has 1 heterocycles. The molecule has 0 fully saturated rings. The molecule has 1 aliphatic rings. The Morgan fingerprint density at radius 3 is 2.60 bits per heavy atom. The molecular weight excluding hydrogens is 324 g/mol. The van der Waals surface area contributed by atoms with Crippen LogP contribution in [0.3, 0.4) is 0 Å². The molecule has 0 spiro atoms. The van der Waals surface area contributed by atoms with E-state index in [9.17, 15) is 14.4 Å². The number of carboxylic acid groups (broad SMARTS) is 1. The number of anilines is 2. The second kappa shape index (κ2) is 6.64. The van der Waals surface area contributed by atoms with E-state index in [0.717, 1.165) is 5.56 Å². The summed E-state index contributed by atoms with van der Waals surface area (Å²) in [5, 5.41) is 11.6. The number of fused-ring (bicyclic) bond motifs is 1. The fraction of sp³-hybridized carbons (Fsp3) is 0.167. The minimum Gasteiger partial charge on any atom is -0.478 e. The number of nitrogens with one attached hydrogen (secondary N) is 1. The van der Waals surface area contributed by atoms with Crippen LogP contribution in [-0.2, 0) is 9.59 Å². The van der Waals surface area contributed by atoms with E-state index in [-0.39, 0.29) is 24.6 Å². The van der Waals surface area contributed by atoms with Gasteiger partial charge in [0.05, 0.1) is 17.8 Å². The molecule has 7 heteroatoms. The maximum Gasteiger partial charge on any atom is 0.335 e. The third kappa shape index (κ3) is 3.77. The number of hydrogen-bond donors (Lipinski definition) is 2. The average molecular weight is 340 g/mol. The first-order valence-corrected chi connectivity index (χ1v) is 7.62. The van der Waals surface area contributed by atoms with Gasteiger partial charge in [0.25, 0.3) is 0 Å². The predicted octanol–water partition coefficient (Wildman–Crippen LogP) is 2.06. The van der Waals surface area contributed by atoms with Crippen molar-refractivity contribution in [3.63, 3.8) is 0 Å². The number of carbonyl (C=O) groups is 3. The van der Waals surface area contributed by atoms with Crippen molar-refractivity contribution < 1.29 is 24.2 Å². The summed E-state index contributed by atoms with van der Waals surface area (Å²) in [5.74, 6) is -1.34. The summed E-state index contributed by atoms with van der Waals surface area (Å²) in [4.78, 5) is 36.5. The molecule has 7 nitrogen and oxygen atoms in total. The zero-order chi connectivity index (χ0) is 18.0. The number of nitrogens with zero attached hydrogens (tertiary/aromatic N) is 1. The van der Waals surface area contributed by atoms with Crippen molar-refractivity contribution >= 4 is 29.2 Å². The highest BCUT2D eigenvalue weighted by molar-refractivity contribution is 5.97. The van der Waals surface area contributed by atoms with Crippen LogP contribution in [0.2, 0.25) is 0 Å². The molecule has 0 saturated heterocycles. The number of aromatic carboxylic acids is 1. The Labute approximate surface area is 143 Å². The number of aryl methyl sites for hydroxylation is 1.